The summed E-state index contributed by atoms with van der Waals surface area (Å²) >= 11 is 0. The highest BCUT2D eigenvalue weighted by Crippen LogP contribution is 2.26. The molecule has 1 atom stereocenters. The van der Waals surface area contributed by atoms with Crippen molar-refractivity contribution in [3.63, 3.8) is 0 Å². The number of aromatic nitrogens is 2. The Morgan fingerprint density at radius 2 is 1.93 bits per heavy atom. The lowest BCUT2D eigenvalue weighted by atomic mass is 9.99. The quantitative estimate of drug-likeness (QED) is 0.815. The van der Waals surface area contributed by atoms with Crippen LogP contribution in [0.5, 0.6) is 0 Å². The Kier molecular flexibility index (Phi) is 7.02. The molecule has 2 aromatic rings. The average molecular weight is 421 g/mol. The summed E-state index contributed by atoms with van der Waals surface area (Å²) in [4.78, 5) is 16.9. The molecule has 158 valence electrons. The molecule has 0 spiro atoms. The molecule has 3 rings (SSSR count). The van der Waals surface area contributed by atoms with Gasteiger partial charge in [0.1, 0.15) is 0 Å². The maximum Gasteiger partial charge on any atom is 0.243 e. The second-order valence-electron chi connectivity index (χ2n) is 7.59. The Balaban J connectivity index is 1.77. The molecule has 9 heteroatoms. The Labute approximate surface area is 171 Å². The Bertz CT molecular complexity index is 912. The first-order valence-electron chi connectivity index (χ1n) is 10.0. The molecule has 1 aromatic heterocycles. The Hall–Kier alpha value is -2.26. The van der Waals surface area contributed by atoms with Gasteiger partial charge < -0.3 is 9.84 Å². The lowest BCUT2D eigenvalue weighted by Gasteiger charge is -2.22. The molecule has 2 heterocycles. The molecule has 0 bridgehead atoms. The predicted octanol–water partition coefficient (Wildman–Crippen LogP) is 2.66. The van der Waals surface area contributed by atoms with Crippen molar-refractivity contribution in [2.75, 3.05) is 19.6 Å². The first-order chi connectivity index (χ1) is 13.9. The van der Waals surface area contributed by atoms with Gasteiger partial charge in [-0.15, -0.1) is 0 Å². The summed E-state index contributed by atoms with van der Waals surface area (Å²) in [6.45, 7) is 4.99. The van der Waals surface area contributed by atoms with Crippen molar-refractivity contribution < 1.29 is 17.7 Å². The van der Waals surface area contributed by atoms with Crippen LogP contribution in [-0.4, -0.2) is 48.4 Å². The number of nitrogens with one attached hydrogen (secondary N) is 1. The molecule has 1 aromatic carbocycles. The summed E-state index contributed by atoms with van der Waals surface area (Å²) in [5.41, 5.74) is 0. The third-order valence-electron chi connectivity index (χ3n) is 5.07. The third-order valence-corrected chi connectivity index (χ3v) is 6.98. The zero-order valence-corrected chi connectivity index (χ0v) is 17.7. The van der Waals surface area contributed by atoms with Crippen LogP contribution in [0, 0.1) is 0 Å². The van der Waals surface area contributed by atoms with E-state index < -0.39 is 10.0 Å². The summed E-state index contributed by atoms with van der Waals surface area (Å²) in [6, 6.07) is 8.33. The van der Waals surface area contributed by atoms with E-state index in [-0.39, 0.29) is 35.6 Å². The molecule has 0 radical (unpaired) electrons. The van der Waals surface area contributed by atoms with Gasteiger partial charge in [-0.3, -0.25) is 4.79 Å². The number of nitrogens with zero attached hydrogens (tertiary/aromatic N) is 3. The number of carbonyl (C=O) groups excluding carboxylic acids is 1. The van der Waals surface area contributed by atoms with Crippen molar-refractivity contribution in [2.45, 2.75) is 56.3 Å². The molecular formula is C20H28N4O4S. The number of sulfonamides is 1. The normalized spacial score (nSPS) is 20.2. The molecule has 1 fully saturated rings. The monoisotopic (exact) mass is 420 g/mol. The van der Waals surface area contributed by atoms with E-state index in [4.69, 9.17) is 4.52 Å². The van der Waals surface area contributed by atoms with E-state index in [1.54, 1.807) is 30.3 Å². The largest absolute Gasteiger partial charge is 0.356 e. The van der Waals surface area contributed by atoms with Crippen molar-refractivity contribution in [1.82, 2.24) is 19.8 Å². The van der Waals surface area contributed by atoms with Crippen LogP contribution in [0.15, 0.2) is 39.8 Å². The fourth-order valence-corrected chi connectivity index (χ4v) is 4.85. The van der Waals surface area contributed by atoms with Crippen molar-refractivity contribution in [3.8, 4) is 0 Å². The van der Waals surface area contributed by atoms with Gasteiger partial charge in [0.2, 0.25) is 21.8 Å². The minimum atomic E-state index is -3.65. The van der Waals surface area contributed by atoms with E-state index in [0.717, 1.165) is 0 Å². The molecule has 0 saturated carbocycles. The van der Waals surface area contributed by atoms with E-state index in [0.29, 0.717) is 44.1 Å². The standard InChI is InChI=1S/C20H28N4O4S/c1-15(2)19-22-20(28-23-19)16-7-6-13-24(14-11-18(25)21-12-10-16)29(26,27)17-8-4-3-5-9-17/h3-5,8-9,15-16H,6-7,10-14H2,1-2H3,(H,21,25). The maximum absolute atomic E-state index is 13.0. The second-order valence-corrected chi connectivity index (χ2v) is 9.53. The highest BCUT2D eigenvalue weighted by atomic mass is 32.2. The van der Waals surface area contributed by atoms with Crippen LogP contribution in [0.2, 0.25) is 0 Å². The highest BCUT2D eigenvalue weighted by molar-refractivity contribution is 7.89. The lowest BCUT2D eigenvalue weighted by molar-refractivity contribution is -0.121. The van der Waals surface area contributed by atoms with Gasteiger partial charge in [0, 0.05) is 37.9 Å². The number of rotatable bonds is 4. The Morgan fingerprint density at radius 3 is 2.62 bits per heavy atom. The van der Waals surface area contributed by atoms with Crippen LogP contribution in [0.4, 0.5) is 0 Å². The predicted molar refractivity (Wildman–Crippen MR) is 108 cm³/mol. The summed E-state index contributed by atoms with van der Waals surface area (Å²) in [7, 11) is -3.65. The van der Waals surface area contributed by atoms with Crippen LogP contribution in [0.25, 0.3) is 0 Å². The van der Waals surface area contributed by atoms with Crippen molar-refractivity contribution >= 4 is 15.9 Å². The van der Waals surface area contributed by atoms with Crippen molar-refractivity contribution in [1.29, 1.82) is 0 Å². The number of carbonyl (C=O) groups is 1. The van der Waals surface area contributed by atoms with Crippen LogP contribution in [0.3, 0.4) is 0 Å². The van der Waals surface area contributed by atoms with Gasteiger partial charge >= 0.3 is 0 Å². The second kappa shape index (κ2) is 9.49. The first-order valence-corrected chi connectivity index (χ1v) is 11.5. The molecule has 0 aliphatic carbocycles. The van der Waals surface area contributed by atoms with Gasteiger partial charge in [-0.1, -0.05) is 37.2 Å². The SMILES string of the molecule is CC(C)c1noc(C2CCCN(S(=O)(=O)c3ccccc3)CCC(=O)NCC2)n1. The molecule has 1 unspecified atom stereocenters. The maximum atomic E-state index is 13.0. The molecular weight excluding hydrogens is 392 g/mol. The summed E-state index contributed by atoms with van der Waals surface area (Å²) < 4.78 is 32.9. The van der Waals surface area contributed by atoms with Gasteiger partial charge in [-0.25, -0.2) is 8.42 Å². The zero-order valence-electron chi connectivity index (χ0n) is 16.9. The summed E-state index contributed by atoms with van der Waals surface area (Å²) in [5.74, 6) is 1.20. The van der Waals surface area contributed by atoms with Crippen LogP contribution in [0.1, 0.15) is 63.1 Å². The highest BCUT2D eigenvalue weighted by Gasteiger charge is 2.27. The molecule has 1 amide bonds. The first kappa shape index (κ1) is 21.4. The van der Waals surface area contributed by atoms with E-state index in [1.807, 2.05) is 13.8 Å². The van der Waals surface area contributed by atoms with Gasteiger partial charge in [0.25, 0.3) is 0 Å². The van der Waals surface area contributed by atoms with Gasteiger partial charge in [-0.05, 0) is 31.4 Å². The summed E-state index contributed by atoms with van der Waals surface area (Å²) in [6.07, 6.45) is 2.16. The fraction of sp³-hybridized carbons (Fsp3) is 0.550. The molecule has 1 N–H and O–H groups in total. The van der Waals surface area contributed by atoms with Gasteiger partial charge in [0.15, 0.2) is 5.82 Å². The van der Waals surface area contributed by atoms with E-state index in [9.17, 15) is 13.2 Å². The molecule has 1 aliphatic rings. The average Bonchev–Trinajstić information content (AvgIpc) is 3.18. The minimum Gasteiger partial charge on any atom is -0.356 e. The topological polar surface area (TPSA) is 105 Å². The lowest BCUT2D eigenvalue weighted by Crippen LogP contribution is -2.35. The van der Waals surface area contributed by atoms with E-state index >= 15 is 0 Å². The van der Waals surface area contributed by atoms with Crippen LogP contribution >= 0.6 is 0 Å². The minimum absolute atomic E-state index is 0.0188. The summed E-state index contributed by atoms with van der Waals surface area (Å²) in [5, 5.41) is 6.91. The third kappa shape index (κ3) is 5.42. The number of hydrogen-bond donors (Lipinski definition) is 1. The molecule has 1 aliphatic heterocycles. The smallest absolute Gasteiger partial charge is 0.243 e. The zero-order chi connectivity index (χ0) is 20.9. The molecule has 1 saturated heterocycles. The number of benzene rings is 1. The van der Waals surface area contributed by atoms with Gasteiger partial charge in [-0.2, -0.15) is 9.29 Å². The van der Waals surface area contributed by atoms with E-state index in [2.05, 4.69) is 15.5 Å². The van der Waals surface area contributed by atoms with E-state index in [1.165, 1.54) is 4.31 Å². The van der Waals surface area contributed by atoms with Crippen molar-refractivity contribution in [2.24, 2.45) is 0 Å². The molecule has 29 heavy (non-hydrogen) atoms. The number of hydrogen-bond acceptors (Lipinski definition) is 6. The molecule has 8 nitrogen and oxygen atoms in total. The van der Waals surface area contributed by atoms with Crippen LogP contribution in [-0.2, 0) is 14.8 Å². The van der Waals surface area contributed by atoms with Crippen molar-refractivity contribution in [3.05, 3.63) is 42.0 Å². The fourth-order valence-electron chi connectivity index (χ4n) is 3.35. The number of amides is 1. The Morgan fingerprint density at radius 1 is 1.17 bits per heavy atom. The van der Waals surface area contributed by atoms with Gasteiger partial charge in [0.05, 0.1) is 4.90 Å². The van der Waals surface area contributed by atoms with Crippen LogP contribution < -0.4 is 5.32 Å².